The number of nitrogens with one attached hydrogen (secondary N) is 1. The lowest BCUT2D eigenvalue weighted by Crippen LogP contribution is -2.54. The Balaban J connectivity index is 1.88. The van der Waals surface area contributed by atoms with E-state index in [1.54, 1.807) is 27.9 Å². The van der Waals surface area contributed by atoms with Crippen molar-refractivity contribution in [1.29, 1.82) is 0 Å². The maximum atomic E-state index is 12.6. The normalized spacial score (nSPS) is 21.6. The number of aliphatic hydroxyl groups excluding tert-OH is 1. The zero-order chi connectivity index (χ0) is 22.1. The smallest absolute Gasteiger partial charge is 0.410 e. The van der Waals surface area contributed by atoms with E-state index in [1.165, 1.54) is 4.90 Å². The molecule has 8 heteroatoms. The summed E-state index contributed by atoms with van der Waals surface area (Å²) in [5, 5.41) is 13.5. The largest absolute Gasteiger partial charge is 0.445 e. The van der Waals surface area contributed by atoms with Crippen molar-refractivity contribution in [3.63, 3.8) is 0 Å². The number of alkyl carbamates (subject to hydrolysis) is 1. The van der Waals surface area contributed by atoms with Crippen LogP contribution in [0.4, 0.5) is 9.59 Å². The van der Waals surface area contributed by atoms with E-state index in [2.05, 4.69) is 5.32 Å². The fourth-order valence-electron chi connectivity index (χ4n) is 3.46. The molecule has 8 nitrogen and oxygen atoms in total. The fourth-order valence-corrected chi connectivity index (χ4v) is 3.46. The van der Waals surface area contributed by atoms with Crippen LogP contribution in [0.3, 0.4) is 0 Å². The topological polar surface area (TPSA) is 97.3 Å². The van der Waals surface area contributed by atoms with E-state index in [-0.39, 0.29) is 12.6 Å². The Bertz CT molecular complexity index is 676. The molecule has 30 heavy (non-hydrogen) atoms. The molecule has 0 heterocycles. The van der Waals surface area contributed by atoms with Gasteiger partial charge in [0.25, 0.3) is 0 Å². The average Bonchev–Trinajstić information content (AvgIpc) is 2.67. The third kappa shape index (κ3) is 7.84. The SMILES string of the molecule is COCCN(C(=O)OC(C)(C)C)C1CCC(NC(=O)OCc2ccccc2)CC1O. The van der Waals surface area contributed by atoms with Gasteiger partial charge in [0, 0.05) is 19.7 Å². The number of hydrogen-bond donors (Lipinski definition) is 2. The van der Waals surface area contributed by atoms with Crippen LogP contribution >= 0.6 is 0 Å². The highest BCUT2D eigenvalue weighted by molar-refractivity contribution is 5.69. The van der Waals surface area contributed by atoms with E-state index < -0.39 is 29.9 Å². The standard InChI is InChI=1S/C22H34N2O6/c1-22(2,3)30-21(27)24(12-13-28-4)18-11-10-17(14-19(18)25)23-20(26)29-15-16-8-6-5-7-9-16/h5-9,17-19,25H,10-15H2,1-4H3,(H,23,26). The Kier molecular flexibility index (Phi) is 8.92. The van der Waals surface area contributed by atoms with E-state index in [9.17, 15) is 14.7 Å². The summed E-state index contributed by atoms with van der Waals surface area (Å²) in [6.45, 7) is 6.27. The van der Waals surface area contributed by atoms with Crippen molar-refractivity contribution < 1.29 is 28.9 Å². The Hall–Kier alpha value is -2.32. The number of amides is 2. The van der Waals surface area contributed by atoms with Crippen LogP contribution in [0.5, 0.6) is 0 Å². The minimum absolute atomic E-state index is 0.189. The molecule has 0 aliphatic heterocycles. The first-order valence-corrected chi connectivity index (χ1v) is 10.3. The van der Waals surface area contributed by atoms with Crippen LogP contribution in [0.1, 0.15) is 45.6 Å². The third-order valence-electron chi connectivity index (χ3n) is 4.88. The van der Waals surface area contributed by atoms with Gasteiger partial charge < -0.3 is 29.5 Å². The number of benzene rings is 1. The Morgan fingerprint density at radius 3 is 2.50 bits per heavy atom. The maximum absolute atomic E-state index is 12.6. The zero-order valence-electron chi connectivity index (χ0n) is 18.3. The summed E-state index contributed by atoms with van der Waals surface area (Å²) in [5.74, 6) is 0. The number of rotatable bonds is 7. The lowest BCUT2D eigenvalue weighted by Gasteiger charge is -2.40. The van der Waals surface area contributed by atoms with E-state index in [1.807, 2.05) is 30.3 Å². The highest BCUT2D eigenvalue weighted by atomic mass is 16.6. The second-order valence-corrected chi connectivity index (χ2v) is 8.52. The quantitative estimate of drug-likeness (QED) is 0.701. The summed E-state index contributed by atoms with van der Waals surface area (Å²) < 4.78 is 15.9. The van der Waals surface area contributed by atoms with Gasteiger partial charge >= 0.3 is 12.2 Å². The van der Waals surface area contributed by atoms with Crippen molar-refractivity contribution in [2.75, 3.05) is 20.3 Å². The van der Waals surface area contributed by atoms with Crippen LogP contribution in [0, 0.1) is 0 Å². The molecule has 2 N–H and O–H groups in total. The highest BCUT2D eigenvalue weighted by Crippen LogP contribution is 2.25. The fraction of sp³-hybridized carbons (Fsp3) is 0.636. The number of carbonyl (C=O) groups is 2. The van der Waals surface area contributed by atoms with Gasteiger partial charge in [-0.05, 0) is 45.6 Å². The average molecular weight is 423 g/mol. The predicted octanol–water partition coefficient (Wildman–Crippen LogP) is 3.08. The van der Waals surface area contributed by atoms with E-state index in [0.717, 1.165) is 5.56 Å². The molecule has 1 aliphatic carbocycles. The van der Waals surface area contributed by atoms with Gasteiger partial charge in [0.05, 0.1) is 18.8 Å². The summed E-state index contributed by atoms with van der Waals surface area (Å²) in [7, 11) is 1.56. The van der Waals surface area contributed by atoms with Crippen molar-refractivity contribution in [1.82, 2.24) is 10.2 Å². The Morgan fingerprint density at radius 2 is 1.90 bits per heavy atom. The molecule has 0 bridgehead atoms. The van der Waals surface area contributed by atoms with Gasteiger partial charge in [-0.1, -0.05) is 30.3 Å². The van der Waals surface area contributed by atoms with Crippen LogP contribution in [-0.2, 0) is 20.8 Å². The molecule has 1 aromatic rings. The number of nitrogens with zero attached hydrogens (tertiary/aromatic N) is 1. The molecule has 0 aromatic heterocycles. The van der Waals surface area contributed by atoms with Gasteiger partial charge in [-0.2, -0.15) is 0 Å². The molecule has 1 saturated carbocycles. The summed E-state index contributed by atoms with van der Waals surface area (Å²) in [4.78, 5) is 26.3. The van der Waals surface area contributed by atoms with Crippen LogP contribution in [0.2, 0.25) is 0 Å². The maximum Gasteiger partial charge on any atom is 0.410 e. The van der Waals surface area contributed by atoms with Crippen molar-refractivity contribution in [3.05, 3.63) is 35.9 Å². The summed E-state index contributed by atoms with van der Waals surface area (Å²) in [6.07, 6.45) is -0.294. The van der Waals surface area contributed by atoms with E-state index in [4.69, 9.17) is 14.2 Å². The lowest BCUT2D eigenvalue weighted by molar-refractivity contribution is -0.0269. The molecule has 2 rings (SSSR count). The number of ether oxygens (including phenoxy) is 3. The van der Waals surface area contributed by atoms with Crippen molar-refractivity contribution in [2.45, 2.75) is 70.4 Å². The molecule has 1 aromatic carbocycles. The first-order valence-electron chi connectivity index (χ1n) is 10.3. The summed E-state index contributed by atoms with van der Waals surface area (Å²) in [6, 6.07) is 8.82. The first-order chi connectivity index (χ1) is 14.2. The van der Waals surface area contributed by atoms with Gasteiger partial charge in [0.15, 0.2) is 0 Å². The third-order valence-corrected chi connectivity index (χ3v) is 4.88. The minimum atomic E-state index is -0.789. The van der Waals surface area contributed by atoms with Crippen LogP contribution < -0.4 is 5.32 Å². The molecule has 3 atom stereocenters. The number of aliphatic hydroxyl groups is 1. The Labute approximate surface area is 178 Å². The molecular weight excluding hydrogens is 388 g/mol. The van der Waals surface area contributed by atoms with Crippen LogP contribution in [0.25, 0.3) is 0 Å². The molecule has 168 valence electrons. The number of methoxy groups -OCH3 is 1. The van der Waals surface area contributed by atoms with Crippen molar-refractivity contribution in [3.8, 4) is 0 Å². The zero-order valence-corrected chi connectivity index (χ0v) is 18.3. The monoisotopic (exact) mass is 422 g/mol. The second-order valence-electron chi connectivity index (χ2n) is 8.52. The van der Waals surface area contributed by atoms with Gasteiger partial charge in [0.1, 0.15) is 12.2 Å². The van der Waals surface area contributed by atoms with Crippen LogP contribution in [0.15, 0.2) is 30.3 Å². The van der Waals surface area contributed by atoms with Crippen molar-refractivity contribution >= 4 is 12.2 Å². The molecule has 0 radical (unpaired) electrons. The van der Waals surface area contributed by atoms with E-state index >= 15 is 0 Å². The van der Waals surface area contributed by atoms with Gasteiger partial charge in [-0.15, -0.1) is 0 Å². The minimum Gasteiger partial charge on any atom is -0.445 e. The molecule has 0 saturated heterocycles. The first kappa shape index (κ1) is 24.0. The van der Waals surface area contributed by atoms with Crippen molar-refractivity contribution in [2.24, 2.45) is 0 Å². The van der Waals surface area contributed by atoms with E-state index in [0.29, 0.717) is 32.4 Å². The molecular formula is C22H34N2O6. The highest BCUT2D eigenvalue weighted by Gasteiger charge is 2.37. The molecule has 0 spiro atoms. The summed E-state index contributed by atoms with van der Waals surface area (Å²) in [5.41, 5.74) is 0.275. The summed E-state index contributed by atoms with van der Waals surface area (Å²) >= 11 is 0. The van der Waals surface area contributed by atoms with Gasteiger partial charge in [-0.25, -0.2) is 9.59 Å². The molecule has 2 amide bonds. The Morgan fingerprint density at radius 1 is 1.20 bits per heavy atom. The lowest BCUT2D eigenvalue weighted by atomic mass is 9.87. The van der Waals surface area contributed by atoms with Gasteiger partial charge in [0.2, 0.25) is 0 Å². The molecule has 3 unspecified atom stereocenters. The van der Waals surface area contributed by atoms with Crippen LogP contribution in [-0.4, -0.2) is 66.2 Å². The number of carbonyl (C=O) groups excluding carboxylic acids is 2. The second kappa shape index (κ2) is 11.2. The van der Waals surface area contributed by atoms with Gasteiger partial charge in [-0.3, -0.25) is 0 Å². The molecule has 1 aliphatic rings. The molecule has 1 fully saturated rings. The number of hydrogen-bond acceptors (Lipinski definition) is 6. The predicted molar refractivity (Wildman–Crippen MR) is 112 cm³/mol.